The van der Waals surface area contributed by atoms with E-state index in [1.54, 1.807) is 6.92 Å². The summed E-state index contributed by atoms with van der Waals surface area (Å²) in [5, 5.41) is 18.7. The predicted octanol–water partition coefficient (Wildman–Crippen LogP) is 1.88. The minimum absolute atomic E-state index is 0.0792. The van der Waals surface area contributed by atoms with E-state index in [9.17, 15) is 22.8 Å². The SMILES string of the molecule is CC(Cc1ccc(C(F)(F)F)cc1)C(=O)NCc1cn(CC(=O)O)nn1. The minimum atomic E-state index is -4.39. The van der Waals surface area contributed by atoms with Gasteiger partial charge in [-0.1, -0.05) is 24.3 Å². The molecule has 0 aliphatic rings. The highest BCUT2D eigenvalue weighted by Gasteiger charge is 2.30. The van der Waals surface area contributed by atoms with Gasteiger partial charge in [-0.3, -0.25) is 9.59 Å². The number of amides is 1. The third-order valence-corrected chi connectivity index (χ3v) is 3.60. The highest BCUT2D eigenvalue weighted by molar-refractivity contribution is 5.78. The van der Waals surface area contributed by atoms with Crippen molar-refractivity contribution in [2.75, 3.05) is 0 Å². The van der Waals surface area contributed by atoms with Gasteiger partial charge in [-0.25, -0.2) is 4.68 Å². The second-order valence-corrected chi connectivity index (χ2v) is 5.82. The molecule has 0 radical (unpaired) electrons. The summed E-state index contributed by atoms with van der Waals surface area (Å²) in [7, 11) is 0. The zero-order chi connectivity index (χ0) is 19.3. The number of benzene rings is 1. The zero-order valence-corrected chi connectivity index (χ0v) is 13.8. The van der Waals surface area contributed by atoms with Crippen LogP contribution in [0.15, 0.2) is 30.5 Å². The molecule has 0 saturated heterocycles. The summed E-state index contributed by atoms with van der Waals surface area (Å²) in [4.78, 5) is 22.7. The van der Waals surface area contributed by atoms with Crippen LogP contribution in [0.4, 0.5) is 13.2 Å². The number of alkyl halides is 3. The Kier molecular flexibility index (Phi) is 5.96. The van der Waals surface area contributed by atoms with Gasteiger partial charge in [0.2, 0.25) is 5.91 Å². The highest BCUT2D eigenvalue weighted by atomic mass is 19.4. The number of carboxylic acids is 1. The van der Waals surface area contributed by atoms with Crippen molar-refractivity contribution >= 4 is 11.9 Å². The van der Waals surface area contributed by atoms with Gasteiger partial charge in [-0.15, -0.1) is 5.10 Å². The van der Waals surface area contributed by atoms with E-state index in [-0.39, 0.29) is 25.4 Å². The van der Waals surface area contributed by atoms with Crippen LogP contribution in [-0.2, 0) is 35.3 Å². The summed E-state index contributed by atoms with van der Waals surface area (Å²) in [5.74, 6) is -1.81. The first-order valence-electron chi connectivity index (χ1n) is 7.70. The van der Waals surface area contributed by atoms with Gasteiger partial charge in [-0.2, -0.15) is 13.2 Å². The molecule has 1 amide bonds. The van der Waals surface area contributed by atoms with Gasteiger partial charge in [0.25, 0.3) is 0 Å². The average molecular weight is 370 g/mol. The van der Waals surface area contributed by atoms with Gasteiger partial charge < -0.3 is 10.4 Å². The van der Waals surface area contributed by atoms with Gasteiger partial charge >= 0.3 is 12.1 Å². The lowest BCUT2D eigenvalue weighted by atomic mass is 9.99. The molecule has 1 unspecified atom stereocenters. The van der Waals surface area contributed by atoms with E-state index in [2.05, 4.69) is 15.6 Å². The van der Waals surface area contributed by atoms with Crippen LogP contribution in [0.5, 0.6) is 0 Å². The molecule has 26 heavy (non-hydrogen) atoms. The fourth-order valence-corrected chi connectivity index (χ4v) is 2.26. The van der Waals surface area contributed by atoms with E-state index in [1.165, 1.54) is 18.3 Å². The second-order valence-electron chi connectivity index (χ2n) is 5.82. The lowest BCUT2D eigenvalue weighted by Crippen LogP contribution is -2.30. The van der Waals surface area contributed by atoms with Gasteiger partial charge in [0.05, 0.1) is 18.3 Å². The van der Waals surface area contributed by atoms with Gasteiger partial charge in [0.1, 0.15) is 12.2 Å². The van der Waals surface area contributed by atoms with Crippen LogP contribution in [-0.4, -0.2) is 32.0 Å². The van der Waals surface area contributed by atoms with Crippen LogP contribution >= 0.6 is 0 Å². The first-order valence-corrected chi connectivity index (χ1v) is 7.70. The molecule has 0 aliphatic heterocycles. The number of carboxylic acid groups (broad SMARTS) is 1. The van der Waals surface area contributed by atoms with Crippen LogP contribution in [0.3, 0.4) is 0 Å². The topological polar surface area (TPSA) is 97.1 Å². The molecular formula is C16H17F3N4O3. The van der Waals surface area contributed by atoms with Crippen LogP contribution < -0.4 is 5.32 Å². The Labute approximate surface area is 146 Å². The number of hydrogen-bond donors (Lipinski definition) is 2. The number of carbonyl (C=O) groups is 2. The third-order valence-electron chi connectivity index (χ3n) is 3.60. The zero-order valence-electron chi connectivity index (χ0n) is 13.8. The number of rotatable bonds is 7. The van der Waals surface area contributed by atoms with Crippen molar-refractivity contribution in [3.8, 4) is 0 Å². The standard InChI is InChI=1S/C16H17F3N4O3/c1-10(6-11-2-4-12(5-3-11)16(17,18)19)15(26)20-7-13-8-23(22-21-13)9-14(24)25/h2-5,8,10H,6-7,9H2,1H3,(H,20,26)(H,24,25). The molecule has 0 spiro atoms. The molecule has 2 N–H and O–H groups in total. The molecule has 0 saturated carbocycles. The quantitative estimate of drug-likeness (QED) is 0.776. The molecule has 0 aliphatic carbocycles. The maximum atomic E-state index is 12.5. The van der Waals surface area contributed by atoms with E-state index in [0.29, 0.717) is 11.3 Å². The van der Waals surface area contributed by atoms with E-state index >= 15 is 0 Å². The fraction of sp³-hybridized carbons (Fsp3) is 0.375. The van der Waals surface area contributed by atoms with Crippen molar-refractivity contribution in [2.24, 2.45) is 5.92 Å². The smallest absolute Gasteiger partial charge is 0.416 e. The van der Waals surface area contributed by atoms with Crippen molar-refractivity contribution in [3.05, 3.63) is 47.3 Å². The largest absolute Gasteiger partial charge is 0.480 e. The molecule has 0 fully saturated rings. The molecule has 7 nitrogen and oxygen atoms in total. The molecule has 140 valence electrons. The maximum Gasteiger partial charge on any atom is 0.416 e. The molecule has 0 bridgehead atoms. The third kappa shape index (κ3) is 5.57. The van der Waals surface area contributed by atoms with E-state index in [4.69, 9.17) is 5.11 Å². The Morgan fingerprint density at radius 2 is 1.92 bits per heavy atom. The summed E-state index contributed by atoms with van der Waals surface area (Å²) >= 11 is 0. The summed E-state index contributed by atoms with van der Waals surface area (Å²) in [6.07, 6.45) is -2.69. The van der Waals surface area contributed by atoms with Crippen molar-refractivity contribution in [1.82, 2.24) is 20.3 Å². The summed E-state index contributed by atoms with van der Waals surface area (Å²) in [6.45, 7) is 1.41. The number of nitrogens with one attached hydrogen (secondary N) is 1. The molecule has 2 rings (SSSR count). The van der Waals surface area contributed by atoms with Crippen molar-refractivity contribution in [2.45, 2.75) is 32.6 Å². The summed E-state index contributed by atoms with van der Waals surface area (Å²) in [6, 6.07) is 4.68. The average Bonchev–Trinajstić information content (AvgIpc) is 2.98. The Bertz CT molecular complexity index is 772. The summed E-state index contributed by atoms with van der Waals surface area (Å²) in [5.41, 5.74) is 0.289. The number of hydrogen-bond acceptors (Lipinski definition) is 4. The Morgan fingerprint density at radius 3 is 2.50 bits per heavy atom. The van der Waals surface area contributed by atoms with Crippen LogP contribution in [0.1, 0.15) is 23.7 Å². The molecule has 10 heteroatoms. The van der Waals surface area contributed by atoms with E-state index in [0.717, 1.165) is 16.8 Å². The molecule has 2 aromatic rings. The van der Waals surface area contributed by atoms with Gasteiger partial charge in [-0.05, 0) is 24.1 Å². The minimum Gasteiger partial charge on any atom is -0.480 e. The number of carbonyl (C=O) groups excluding carboxylic acids is 1. The highest BCUT2D eigenvalue weighted by Crippen LogP contribution is 2.29. The number of halogens is 3. The van der Waals surface area contributed by atoms with Crippen LogP contribution in [0.25, 0.3) is 0 Å². The number of nitrogens with zero attached hydrogens (tertiary/aromatic N) is 3. The number of aromatic nitrogens is 3. The van der Waals surface area contributed by atoms with E-state index in [1.807, 2.05) is 0 Å². The lowest BCUT2D eigenvalue weighted by molar-refractivity contribution is -0.138. The van der Waals surface area contributed by atoms with Crippen LogP contribution in [0.2, 0.25) is 0 Å². The van der Waals surface area contributed by atoms with Gasteiger partial charge in [0, 0.05) is 5.92 Å². The van der Waals surface area contributed by atoms with Crippen molar-refractivity contribution < 1.29 is 27.9 Å². The lowest BCUT2D eigenvalue weighted by Gasteiger charge is -2.12. The maximum absolute atomic E-state index is 12.5. The van der Waals surface area contributed by atoms with Crippen LogP contribution in [0, 0.1) is 5.92 Å². The molecule has 1 atom stereocenters. The Hall–Kier alpha value is -2.91. The van der Waals surface area contributed by atoms with Crippen molar-refractivity contribution in [3.63, 3.8) is 0 Å². The monoisotopic (exact) mass is 370 g/mol. The predicted molar refractivity (Wildman–Crippen MR) is 83.8 cm³/mol. The Morgan fingerprint density at radius 1 is 1.27 bits per heavy atom. The molecule has 1 heterocycles. The van der Waals surface area contributed by atoms with E-state index < -0.39 is 23.6 Å². The molecular weight excluding hydrogens is 353 g/mol. The molecule has 1 aromatic heterocycles. The van der Waals surface area contributed by atoms with Crippen molar-refractivity contribution in [1.29, 1.82) is 0 Å². The summed E-state index contributed by atoms with van der Waals surface area (Å²) < 4.78 is 38.7. The normalized spacial score (nSPS) is 12.6. The Balaban J connectivity index is 1.85. The fourth-order valence-electron chi connectivity index (χ4n) is 2.26. The first-order chi connectivity index (χ1) is 12.1. The molecule has 1 aromatic carbocycles. The van der Waals surface area contributed by atoms with Gasteiger partial charge in [0.15, 0.2) is 0 Å². The number of aliphatic carboxylic acids is 1. The second kappa shape index (κ2) is 7.98. The first kappa shape index (κ1) is 19.4.